The van der Waals surface area contributed by atoms with Crippen molar-refractivity contribution in [2.45, 2.75) is 6.92 Å². The van der Waals surface area contributed by atoms with Crippen molar-refractivity contribution < 1.29 is 0 Å². The van der Waals surface area contributed by atoms with Crippen LogP contribution in [0, 0.1) is 6.92 Å². The summed E-state index contributed by atoms with van der Waals surface area (Å²) < 4.78 is 1.04. The van der Waals surface area contributed by atoms with E-state index in [1.165, 1.54) is 11.0 Å². The number of aromatic nitrogens is 3. The van der Waals surface area contributed by atoms with Gasteiger partial charge in [0.25, 0.3) is 0 Å². The van der Waals surface area contributed by atoms with Gasteiger partial charge in [0.2, 0.25) is 0 Å². The molecule has 1 aromatic heterocycles. The van der Waals surface area contributed by atoms with Crippen molar-refractivity contribution in [3.63, 3.8) is 0 Å². The number of rotatable bonds is 1. The summed E-state index contributed by atoms with van der Waals surface area (Å²) in [7, 11) is 0. The number of nitrogen functional groups attached to an aromatic ring is 1. The van der Waals surface area contributed by atoms with Crippen LogP contribution in [-0.4, -0.2) is 15.0 Å². The van der Waals surface area contributed by atoms with Gasteiger partial charge in [-0.2, -0.15) is 5.10 Å². The highest BCUT2D eigenvalue weighted by molar-refractivity contribution is 9.10. The monoisotopic (exact) mass is 252 g/mol. The van der Waals surface area contributed by atoms with Crippen molar-refractivity contribution >= 4 is 21.7 Å². The van der Waals surface area contributed by atoms with Crippen molar-refractivity contribution in [3.05, 3.63) is 34.4 Å². The van der Waals surface area contributed by atoms with Crippen LogP contribution in [0.15, 0.2) is 28.9 Å². The zero-order valence-electron chi connectivity index (χ0n) is 7.61. The summed E-state index contributed by atoms with van der Waals surface area (Å²) >= 11 is 3.40. The van der Waals surface area contributed by atoms with Crippen molar-refractivity contribution in [1.29, 1.82) is 0 Å². The lowest BCUT2D eigenvalue weighted by Gasteiger charge is -2.03. The summed E-state index contributed by atoms with van der Waals surface area (Å²) in [6, 6.07) is 5.90. The first kappa shape index (κ1) is 9.21. The summed E-state index contributed by atoms with van der Waals surface area (Å²) in [5.41, 5.74) is 7.52. The Hall–Kier alpha value is -1.36. The minimum atomic E-state index is 0.423. The highest BCUT2D eigenvalue weighted by Gasteiger charge is 2.03. The average molecular weight is 253 g/mol. The van der Waals surface area contributed by atoms with E-state index in [1.807, 2.05) is 25.1 Å². The first-order valence-electron chi connectivity index (χ1n) is 4.11. The van der Waals surface area contributed by atoms with E-state index in [4.69, 9.17) is 5.73 Å². The Morgan fingerprint density at radius 2 is 2.21 bits per heavy atom. The third-order valence-corrected chi connectivity index (χ3v) is 2.38. The topological polar surface area (TPSA) is 56.7 Å². The summed E-state index contributed by atoms with van der Waals surface area (Å²) in [5, 5.41) is 8.08. The largest absolute Gasteiger partial charge is 0.381 e. The van der Waals surface area contributed by atoms with E-state index >= 15 is 0 Å². The maximum absolute atomic E-state index is 5.49. The molecule has 4 nitrogen and oxygen atoms in total. The molecule has 72 valence electrons. The zero-order chi connectivity index (χ0) is 10.1. The average Bonchev–Trinajstić information content (AvgIpc) is 2.51. The SMILES string of the molecule is Cc1cc(Br)ccc1-n1ncc(N)n1. The number of hydrogen-bond donors (Lipinski definition) is 1. The first-order chi connectivity index (χ1) is 6.66. The van der Waals surface area contributed by atoms with Crippen LogP contribution in [-0.2, 0) is 0 Å². The predicted molar refractivity (Wildman–Crippen MR) is 58.2 cm³/mol. The number of halogens is 1. The number of hydrogen-bond acceptors (Lipinski definition) is 3. The van der Waals surface area contributed by atoms with Gasteiger partial charge in [0, 0.05) is 4.47 Å². The fourth-order valence-electron chi connectivity index (χ4n) is 1.23. The molecule has 0 saturated heterocycles. The van der Waals surface area contributed by atoms with Crippen LogP contribution in [0.4, 0.5) is 5.82 Å². The molecular formula is C9H9BrN4. The molecule has 0 unspecified atom stereocenters. The second kappa shape index (κ2) is 3.42. The van der Waals surface area contributed by atoms with Crippen molar-refractivity contribution in [1.82, 2.24) is 15.0 Å². The quantitative estimate of drug-likeness (QED) is 0.844. The number of benzene rings is 1. The van der Waals surface area contributed by atoms with Crippen LogP contribution < -0.4 is 5.73 Å². The van der Waals surface area contributed by atoms with Gasteiger partial charge in [0.15, 0.2) is 5.82 Å². The van der Waals surface area contributed by atoms with Crippen LogP contribution in [0.1, 0.15) is 5.56 Å². The van der Waals surface area contributed by atoms with Crippen LogP contribution in [0.2, 0.25) is 0 Å². The lowest BCUT2D eigenvalue weighted by molar-refractivity contribution is 0.749. The van der Waals surface area contributed by atoms with Crippen LogP contribution >= 0.6 is 15.9 Å². The van der Waals surface area contributed by atoms with Crippen LogP contribution in [0.3, 0.4) is 0 Å². The fraction of sp³-hybridized carbons (Fsp3) is 0.111. The van der Waals surface area contributed by atoms with Gasteiger partial charge in [0.05, 0.1) is 11.9 Å². The van der Waals surface area contributed by atoms with Gasteiger partial charge in [-0.15, -0.1) is 9.90 Å². The van der Waals surface area contributed by atoms with Gasteiger partial charge in [-0.3, -0.25) is 0 Å². The lowest BCUT2D eigenvalue weighted by Crippen LogP contribution is -2.01. The number of anilines is 1. The number of nitrogens with zero attached hydrogens (tertiary/aromatic N) is 3. The Balaban J connectivity index is 2.52. The third-order valence-electron chi connectivity index (χ3n) is 1.88. The van der Waals surface area contributed by atoms with Gasteiger partial charge < -0.3 is 5.73 Å². The molecule has 0 spiro atoms. The smallest absolute Gasteiger partial charge is 0.166 e. The molecule has 0 aliphatic carbocycles. The summed E-state index contributed by atoms with van der Waals surface area (Å²) in [5.74, 6) is 0.423. The van der Waals surface area contributed by atoms with E-state index in [-0.39, 0.29) is 0 Å². The molecule has 2 N–H and O–H groups in total. The molecule has 1 heterocycles. The number of aryl methyl sites for hydroxylation is 1. The third kappa shape index (κ3) is 1.63. The molecule has 0 aliphatic heterocycles. The second-order valence-electron chi connectivity index (χ2n) is 2.99. The Morgan fingerprint density at radius 3 is 2.79 bits per heavy atom. The first-order valence-corrected chi connectivity index (χ1v) is 4.90. The minimum Gasteiger partial charge on any atom is -0.381 e. The maximum Gasteiger partial charge on any atom is 0.166 e. The minimum absolute atomic E-state index is 0.423. The molecule has 0 fully saturated rings. The van der Waals surface area contributed by atoms with E-state index in [0.717, 1.165) is 15.7 Å². The molecule has 0 saturated carbocycles. The Labute approximate surface area is 89.9 Å². The molecular weight excluding hydrogens is 244 g/mol. The Kier molecular flexibility index (Phi) is 2.25. The van der Waals surface area contributed by atoms with Crippen molar-refractivity contribution in [2.75, 3.05) is 5.73 Å². The standard InChI is InChI=1S/C9H9BrN4/c1-6-4-7(10)2-3-8(6)14-12-5-9(11)13-14/h2-5H,1H3,(H2,11,13). The van der Waals surface area contributed by atoms with Crippen LogP contribution in [0.5, 0.6) is 0 Å². The van der Waals surface area contributed by atoms with Gasteiger partial charge in [-0.05, 0) is 30.7 Å². The molecule has 5 heteroatoms. The van der Waals surface area contributed by atoms with E-state index in [9.17, 15) is 0 Å². The Morgan fingerprint density at radius 1 is 1.43 bits per heavy atom. The normalized spacial score (nSPS) is 10.4. The molecule has 0 bridgehead atoms. The van der Waals surface area contributed by atoms with Gasteiger partial charge >= 0.3 is 0 Å². The van der Waals surface area contributed by atoms with Gasteiger partial charge in [-0.1, -0.05) is 15.9 Å². The maximum atomic E-state index is 5.49. The fourth-order valence-corrected chi connectivity index (χ4v) is 1.71. The summed E-state index contributed by atoms with van der Waals surface area (Å²) in [4.78, 5) is 1.52. The van der Waals surface area contributed by atoms with Crippen molar-refractivity contribution in [2.24, 2.45) is 0 Å². The molecule has 0 aliphatic rings. The highest BCUT2D eigenvalue weighted by atomic mass is 79.9. The summed E-state index contributed by atoms with van der Waals surface area (Å²) in [6.45, 7) is 2.00. The molecule has 1 aromatic carbocycles. The van der Waals surface area contributed by atoms with Crippen LogP contribution in [0.25, 0.3) is 5.69 Å². The molecule has 0 atom stereocenters. The van der Waals surface area contributed by atoms with Gasteiger partial charge in [0.1, 0.15) is 0 Å². The van der Waals surface area contributed by atoms with Crippen molar-refractivity contribution in [3.8, 4) is 5.69 Å². The highest BCUT2D eigenvalue weighted by Crippen LogP contribution is 2.18. The Bertz CT molecular complexity index is 464. The molecule has 2 aromatic rings. The molecule has 0 amide bonds. The molecule has 14 heavy (non-hydrogen) atoms. The van der Waals surface area contributed by atoms with E-state index in [2.05, 4.69) is 26.1 Å². The predicted octanol–water partition coefficient (Wildman–Crippen LogP) is 1.92. The zero-order valence-corrected chi connectivity index (χ0v) is 9.19. The summed E-state index contributed by atoms with van der Waals surface area (Å²) in [6.07, 6.45) is 1.53. The van der Waals surface area contributed by atoms with E-state index in [1.54, 1.807) is 0 Å². The second-order valence-corrected chi connectivity index (χ2v) is 3.91. The van der Waals surface area contributed by atoms with Gasteiger partial charge in [-0.25, -0.2) is 0 Å². The van der Waals surface area contributed by atoms with E-state index < -0.39 is 0 Å². The molecule has 0 radical (unpaired) electrons. The van der Waals surface area contributed by atoms with E-state index in [0.29, 0.717) is 5.82 Å². The number of nitrogens with two attached hydrogens (primary N) is 1. The molecule has 2 rings (SSSR count). The lowest BCUT2D eigenvalue weighted by atomic mass is 10.2.